The summed E-state index contributed by atoms with van der Waals surface area (Å²) in [5.74, 6) is 1.46. The van der Waals surface area contributed by atoms with Gasteiger partial charge in [0.15, 0.2) is 0 Å². The first-order chi connectivity index (χ1) is 14.1. The maximum atomic E-state index is 12.0. The maximum absolute atomic E-state index is 12.0. The monoisotopic (exact) mass is 386 g/mol. The largest absolute Gasteiger partial charge is 0.382 e. The van der Waals surface area contributed by atoms with Crippen LogP contribution >= 0.6 is 0 Å². The predicted molar refractivity (Wildman–Crippen MR) is 113 cm³/mol. The third-order valence-corrected chi connectivity index (χ3v) is 5.80. The lowest BCUT2D eigenvalue weighted by atomic mass is 10.1. The predicted octanol–water partition coefficient (Wildman–Crippen LogP) is 2.97. The number of hydrogen-bond donors (Lipinski definition) is 1. The normalized spacial score (nSPS) is 16.7. The molecule has 1 saturated heterocycles. The summed E-state index contributed by atoms with van der Waals surface area (Å²) in [5.41, 5.74) is 10.1. The molecule has 0 unspecified atom stereocenters. The van der Waals surface area contributed by atoms with E-state index in [1.807, 2.05) is 34.7 Å². The van der Waals surface area contributed by atoms with Crippen molar-refractivity contribution < 1.29 is 4.79 Å². The summed E-state index contributed by atoms with van der Waals surface area (Å²) >= 11 is 0. The highest BCUT2D eigenvalue weighted by molar-refractivity contribution is 6.00. The zero-order valence-electron chi connectivity index (χ0n) is 16.2. The fourth-order valence-electron chi connectivity index (χ4n) is 4.39. The van der Waals surface area contributed by atoms with E-state index in [2.05, 4.69) is 34.5 Å². The first kappa shape index (κ1) is 17.5. The second kappa shape index (κ2) is 6.48. The first-order valence-electron chi connectivity index (χ1n) is 9.66. The maximum Gasteiger partial charge on any atom is 0.245 e. The summed E-state index contributed by atoms with van der Waals surface area (Å²) < 4.78 is 4.13. The molecule has 1 aliphatic rings. The number of likely N-dealkylation sites (tertiary alicyclic amines) is 1. The second-order valence-corrected chi connectivity index (χ2v) is 7.49. The summed E-state index contributed by atoms with van der Waals surface area (Å²) in [5, 5.41) is 1.12. The lowest BCUT2D eigenvalue weighted by Crippen LogP contribution is -2.26. The van der Waals surface area contributed by atoms with Gasteiger partial charge in [0.2, 0.25) is 5.91 Å². The Morgan fingerprint density at radius 1 is 1.34 bits per heavy atom. The highest BCUT2D eigenvalue weighted by Gasteiger charge is 2.31. The Kier molecular flexibility index (Phi) is 3.91. The molecule has 0 radical (unpaired) electrons. The second-order valence-electron chi connectivity index (χ2n) is 7.49. The number of nitrogens with zero attached hydrogens (tertiary/aromatic N) is 5. The summed E-state index contributed by atoms with van der Waals surface area (Å²) in [6.45, 7) is 4.93. The molecule has 146 valence electrons. The molecular weight excluding hydrogens is 364 g/mol. The molecule has 29 heavy (non-hydrogen) atoms. The lowest BCUT2D eigenvalue weighted by molar-refractivity contribution is -0.125. The minimum atomic E-state index is -0.0381. The van der Waals surface area contributed by atoms with Gasteiger partial charge >= 0.3 is 0 Å². The van der Waals surface area contributed by atoms with E-state index in [1.54, 1.807) is 6.20 Å². The SMILES string of the molecule is C=CC(=O)N1CC[C@H](c2nc(-c3cn(C)c4ccccc34)c3c(N)nccn23)C1. The molecule has 7 heteroatoms. The number of benzene rings is 1. The quantitative estimate of drug-likeness (QED) is 0.549. The highest BCUT2D eigenvalue weighted by atomic mass is 16.2. The van der Waals surface area contributed by atoms with E-state index >= 15 is 0 Å². The van der Waals surface area contributed by atoms with Crippen molar-refractivity contribution in [2.75, 3.05) is 18.8 Å². The van der Waals surface area contributed by atoms with Gasteiger partial charge in [-0.2, -0.15) is 0 Å². The van der Waals surface area contributed by atoms with Crippen LogP contribution in [-0.4, -0.2) is 42.8 Å². The molecule has 4 aromatic rings. The number of nitrogen functional groups attached to an aromatic ring is 1. The van der Waals surface area contributed by atoms with Crippen molar-refractivity contribution in [2.45, 2.75) is 12.3 Å². The number of aryl methyl sites for hydroxylation is 1. The summed E-state index contributed by atoms with van der Waals surface area (Å²) in [6, 6.07) is 8.25. The van der Waals surface area contributed by atoms with Crippen LogP contribution in [0.3, 0.4) is 0 Å². The Balaban J connectivity index is 1.70. The minimum Gasteiger partial charge on any atom is -0.382 e. The van der Waals surface area contributed by atoms with E-state index < -0.39 is 0 Å². The van der Waals surface area contributed by atoms with Crippen LogP contribution in [0.1, 0.15) is 18.2 Å². The van der Waals surface area contributed by atoms with Gasteiger partial charge in [-0.05, 0) is 18.6 Å². The van der Waals surface area contributed by atoms with E-state index in [0.29, 0.717) is 18.9 Å². The van der Waals surface area contributed by atoms with Gasteiger partial charge in [0.1, 0.15) is 22.9 Å². The molecule has 0 aliphatic carbocycles. The lowest BCUT2D eigenvalue weighted by Gasteiger charge is -2.13. The first-order valence-corrected chi connectivity index (χ1v) is 9.66. The zero-order valence-corrected chi connectivity index (χ0v) is 16.2. The fraction of sp³-hybridized carbons (Fsp3) is 0.227. The van der Waals surface area contributed by atoms with Crippen LogP contribution in [0.2, 0.25) is 0 Å². The topological polar surface area (TPSA) is 81.5 Å². The summed E-state index contributed by atoms with van der Waals surface area (Å²) in [6.07, 6.45) is 7.92. The summed E-state index contributed by atoms with van der Waals surface area (Å²) in [7, 11) is 2.03. The molecule has 2 N–H and O–H groups in total. The molecule has 1 aliphatic heterocycles. The number of aromatic nitrogens is 4. The van der Waals surface area contributed by atoms with Crippen LogP contribution in [0.5, 0.6) is 0 Å². The number of rotatable bonds is 3. The van der Waals surface area contributed by atoms with Crippen LogP contribution in [-0.2, 0) is 11.8 Å². The van der Waals surface area contributed by atoms with Crippen molar-refractivity contribution in [3.05, 3.63) is 61.3 Å². The third-order valence-electron chi connectivity index (χ3n) is 5.80. The average molecular weight is 386 g/mol. The van der Waals surface area contributed by atoms with Gasteiger partial charge < -0.3 is 15.2 Å². The third kappa shape index (κ3) is 2.61. The van der Waals surface area contributed by atoms with E-state index in [4.69, 9.17) is 10.7 Å². The number of nitrogens with two attached hydrogens (primary N) is 1. The van der Waals surface area contributed by atoms with Crippen LogP contribution in [0.4, 0.5) is 5.82 Å². The van der Waals surface area contributed by atoms with Crippen molar-refractivity contribution in [3.63, 3.8) is 0 Å². The van der Waals surface area contributed by atoms with E-state index in [0.717, 1.165) is 39.9 Å². The van der Waals surface area contributed by atoms with Crippen molar-refractivity contribution in [1.29, 1.82) is 0 Å². The molecule has 3 aromatic heterocycles. The van der Waals surface area contributed by atoms with Crippen LogP contribution in [0, 0.1) is 0 Å². The van der Waals surface area contributed by atoms with E-state index in [1.165, 1.54) is 6.08 Å². The van der Waals surface area contributed by atoms with E-state index in [9.17, 15) is 4.79 Å². The Morgan fingerprint density at radius 2 is 2.17 bits per heavy atom. The number of para-hydroxylation sites is 1. The smallest absolute Gasteiger partial charge is 0.245 e. The molecule has 0 saturated carbocycles. The molecule has 0 bridgehead atoms. The van der Waals surface area contributed by atoms with Gasteiger partial charge in [-0.3, -0.25) is 9.20 Å². The standard InChI is InChI=1S/C22H22N6O/c1-3-18(29)27-10-8-14(12-27)22-25-19(20-21(23)24-9-11-28(20)22)16-13-26(2)17-7-5-4-6-15(16)17/h3-7,9,11,13-14H,1,8,10,12H2,2H3,(H2,23,24)/t14-/m0/s1. The Hall–Kier alpha value is -3.61. The zero-order chi connectivity index (χ0) is 20.1. The Labute approximate surface area is 168 Å². The van der Waals surface area contributed by atoms with Gasteiger partial charge in [-0.25, -0.2) is 9.97 Å². The minimum absolute atomic E-state index is 0.0381. The van der Waals surface area contributed by atoms with Gasteiger partial charge in [0.05, 0.1) is 0 Å². The Bertz CT molecular complexity index is 1270. The van der Waals surface area contributed by atoms with Crippen LogP contribution in [0.15, 0.2) is 55.5 Å². The molecule has 1 atom stereocenters. The molecule has 0 spiro atoms. The van der Waals surface area contributed by atoms with Crippen molar-refractivity contribution in [2.24, 2.45) is 7.05 Å². The van der Waals surface area contributed by atoms with Crippen molar-refractivity contribution in [1.82, 2.24) is 23.8 Å². The van der Waals surface area contributed by atoms with Gasteiger partial charge in [0, 0.05) is 61.1 Å². The molecule has 1 aromatic carbocycles. The molecule has 1 fully saturated rings. The van der Waals surface area contributed by atoms with Gasteiger partial charge in [-0.15, -0.1) is 0 Å². The molecule has 1 amide bonds. The fourth-order valence-corrected chi connectivity index (χ4v) is 4.39. The molecule has 7 nitrogen and oxygen atoms in total. The molecule has 4 heterocycles. The average Bonchev–Trinajstić information content (AvgIpc) is 3.44. The molecular formula is C22H22N6O. The number of carbonyl (C=O) groups excluding carboxylic acids is 1. The number of anilines is 1. The summed E-state index contributed by atoms with van der Waals surface area (Å²) in [4.78, 5) is 23.2. The Morgan fingerprint density at radius 3 is 3.00 bits per heavy atom. The number of hydrogen-bond acceptors (Lipinski definition) is 4. The number of carbonyl (C=O) groups is 1. The van der Waals surface area contributed by atoms with Gasteiger partial charge in [0.25, 0.3) is 0 Å². The molecule has 5 rings (SSSR count). The number of imidazole rings is 1. The van der Waals surface area contributed by atoms with Crippen LogP contribution < -0.4 is 5.73 Å². The van der Waals surface area contributed by atoms with Crippen LogP contribution in [0.25, 0.3) is 27.7 Å². The van der Waals surface area contributed by atoms with Gasteiger partial charge in [-0.1, -0.05) is 24.8 Å². The number of fused-ring (bicyclic) bond motifs is 2. The number of amides is 1. The highest BCUT2D eigenvalue weighted by Crippen LogP contribution is 2.37. The van der Waals surface area contributed by atoms with Crippen molar-refractivity contribution in [3.8, 4) is 11.3 Å². The van der Waals surface area contributed by atoms with Crippen molar-refractivity contribution >= 4 is 28.1 Å². The van der Waals surface area contributed by atoms with E-state index in [-0.39, 0.29) is 11.8 Å².